The fraction of sp³-hybridized carbons (Fsp3) is 0.172. The molecule has 5 aromatic rings. The molecule has 0 aliphatic rings. The van der Waals surface area contributed by atoms with Crippen molar-refractivity contribution < 1.29 is 9.26 Å². The third kappa shape index (κ3) is 4.70. The first-order valence-corrected chi connectivity index (χ1v) is 12.3. The van der Waals surface area contributed by atoms with E-state index in [1.165, 1.54) is 0 Å². The Labute approximate surface area is 219 Å². The summed E-state index contributed by atoms with van der Waals surface area (Å²) in [7, 11) is 0. The first-order chi connectivity index (χ1) is 17.4. The fourth-order valence-electron chi connectivity index (χ4n) is 4.32. The van der Waals surface area contributed by atoms with E-state index in [1.807, 2.05) is 62.5 Å². The van der Waals surface area contributed by atoms with Crippen molar-refractivity contribution in [2.75, 3.05) is 0 Å². The zero-order valence-corrected chi connectivity index (χ0v) is 21.3. The monoisotopic (exact) mass is 515 g/mol. The summed E-state index contributed by atoms with van der Waals surface area (Å²) in [6, 6.07) is 21.2. The largest absolute Gasteiger partial charge is 0.489 e. The van der Waals surface area contributed by atoms with Crippen LogP contribution in [0.2, 0.25) is 10.0 Å². The molecule has 2 heterocycles. The van der Waals surface area contributed by atoms with Gasteiger partial charge in [0.2, 0.25) is 0 Å². The molecule has 0 aliphatic carbocycles. The van der Waals surface area contributed by atoms with E-state index in [2.05, 4.69) is 20.6 Å². The molecule has 0 radical (unpaired) electrons. The van der Waals surface area contributed by atoms with Gasteiger partial charge in [-0.2, -0.15) is 0 Å². The van der Waals surface area contributed by atoms with Gasteiger partial charge in [0.05, 0.1) is 22.2 Å². The van der Waals surface area contributed by atoms with Crippen LogP contribution in [0.25, 0.3) is 27.0 Å². The van der Waals surface area contributed by atoms with E-state index in [0.29, 0.717) is 33.5 Å². The van der Waals surface area contributed by atoms with Crippen molar-refractivity contribution in [2.24, 2.45) is 0 Å². The standard InChI is InChI=1S/C29H23Cl2N3O2/c1-18(2)29-23(28(33-36-29)27-24(30)8-5-9-25(27)31)17-35-22-10-11-26-20(15-22)12-13-34(26)16-19-6-4-7-21(14-19)32-3/h4-15,18H,16-17H2,1-2H3. The van der Waals surface area contributed by atoms with Crippen molar-refractivity contribution in [1.82, 2.24) is 9.72 Å². The summed E-state index contributed by atoms with van der Waals surface area (Å²) in [5.74, 6) is 1.60. The maximum atomic E-state index is 7.24. The van der Waals surface area contributed by atoms with Crippen molar-refractivity contribution in [2.45, 2.75) is 32.9 Å². The second-order valence-corrected chi connectivity index (χ2v) is 9.67. The SMILES string of the molecule is [C-]#[N+]c1cccc(Cn2ccc3cc(OCc4c(-c5c(Cl)cccc5Cl)noc4C(C)C)ccc32)c1. The third-order valence-corrected chi connectivity index (χ3v) is 6.69. The van der Waals surface area contributed by atoms with Crippen LogP contribution in [0, 0.1) is 6.57 Å². The van der Waals surface area contributed by atoms with Crippen molar-refractivity contribution in [1.29, 1.82) is 0 Å². The Balaban J connectivity index is 1.41. The number of nitrogens with zero attached hydrogens (tertiary/aromatic N) is 3. The smallest absolute Gasteiger partial charge is 0.187 e. The molecule has 0 saturated heterocycles. The van der Waals surface area contributed by atoms with Crippen LogP contribution in [0.1, 0.15) is 36.7 Å². The maximum Gasteiger partial charge on any atom is 0.187 e. The van der Waals surface area contributed by atoms with Gasteiger partial charge in [0.25, 0.3) is 0 Å². The van der Waals surface area contributed by atoms with Gasteiger partial charge in [0.1, 0.15) is 23.8 Å². The first kappa shape index (κ1) is 24.0. The molecule has 0 N–H and O–H groups in total. The van der Waals surface area contributed by atoms with Crippen LogP contribution < -0.4 is 4.74 Å². The van der Waals surface area contributed by atoms with Gasteiger partial charge >= 0.3 is 0 Å². The van der Waals surface area contributed by atoms with E-state index in [1.54, 1.807) is 18.2 Å². The normalized spacial score (nSPS) is 11.2. The Bertz CT molecular complexity index is 1570. The van der Waals surface area contributed by atoms with Gasteiger partial charge in [-0.15, -0.1) is 0 Å². The second kappa shape index (κ2) is 10.1. The topological polar surface area (TPSA) is 44.5 Å². The predicted octanol–water partition coefficient (Wildman–Crippen LogP) is 8.90. The lowest BCUT2D eigenvalue weighted by Gasteiger charge is -2.11. The highest BCUT2D eigenvalue weighted by molar-refractivity contribution is 6.39. The van der Waals surface area contributed by atoms with Gasteiger partial charge in [-0.25, -0.2) is 4.85 Å². The number of aromatic nitrogens is 2. The Hall–Kier alpha value is -3.72. The van der Waals surface area contributed by atoms with Crippen LogP contribution in [0.4, 0.5) is 5.69 Å². The van der Waals surface area contributed by atoms with Crippen molar-refractivity contribution in [3.8, 4) is 17.0 Å². The highest BCUT2D eigenvalue weighted by atomic mass is 35.5. The molecule has 0 saturated carbocycles. The van der Waals surface area contributed by atoms with Crippen LogP contribution in [0.5, 0.6) is 5.75 Å². The molecular weight excluding hydrogens is 493 g/mol. The molecule has 5 nitrogen and oxygen atoms in total. The van der Waals surface area contributed by atoms with Crippen molar-refractivity contribution in [3.63, 3.8) is 0 Å². The lowest BCUT2D eigenvalue weighted by molar-refractivity contribution is 0.299. The summed E-state index contributed by atoms with van der Waals surface area (Å²) in [6.45, 7) is 12.3. The van der Waals surface area contributed by atoms with Crippen LogP contribution in [-0.4, -0.2) is 9.72 Å². The minimum absolute atomic E-state index is 0.115. The van der Waals surface area contributed by atoms with E-state index >= 15 is 0 Å². The summed E-state index contributed by atoms with van der Waals surface area (Å²) in [5.41, 5.74) is 4.89. The summed E-state index contributed by atoms with van der Waals surface area (Å²) in [5, 5.41) is 6.39. The molecule has 3 aromatic carbocycles. The van der Waals surface area contributed by atoms with E-state index in [-0.39, 0.29) is 12.5 Å². The zero-order chi connectivity index (χ0) is 25.2. The molecule has 0 amide bonds. The number of rotatable bonds is 7. The highest BCUT2D eigenvalue weighted by Crippen LogP contribution is 2.39. The van der Waals surface area contributed by atoms with Crippen LogP contribution >= 0.6 is 23.2 Å². The van der Waals surface area contributed by atoms with Gasteiger partial charge in [-0.3, -0.25) is 0 Å². The summed E-state index contributed by atoms with van der Waals surface area (Å²) < 4.78 is 14.1. The Morgan fingerprint density at radius 1 is 1.03 bits per heavy atom. The molecule has 0 aliphatic heterocycles. The number of hydrogen-bond acceptors (Lipinski definition) is 3. The van der Waals surface area contributed by atoms with Gasteiger partial charge in [-0.05, 0) is 42.0 Å². The number of fused-ring (bicyclic) bond motifs is 1. The van der Waals surface area contributed by atoms with E-state index in [0.717, 1.165) is 33.5 Å². The zero-order valence-electron chi connectivity index (χ0n) is 19.8. The average Bonchev–Trinajstić information content (AvgIpc) is 3.47. The molecule has 0 fully saturated rings. The lowest BCUT2D eigenvalue weighted by atomic mass is 10.0. The van der Waals surface area contributed by atoms with Crippen molar-refractivity contribution >= 4 is 39.8 Å². The Morgan fingerprint density at radius 3 is 2.56 bits per heavy atom. The van der Waals surface area contributed by atoms with Crippen LogP contribution in [-0.2, 0) is 13.2 Å². The Morgan fingerprint density at radius 2 is 1.81 bits per heavy atom. The molecule has 2 aromatic heterocycles. The van der Waals surface area contributed by atoms with Gasteiger partial charge in [0, 0.05) is 35.1 Å². The summed E-state index contributed by atoms with van der Waals surface area (Å²) in [4.78, 5) is 3.53. The fourth-order valence-corrected chi connectivity index (χ4v) is 4.89. The van der Waals surface area contributed by atoms with E-state index in [9.17, 15) is 0 Å². The molecule has 5 rings (SSSR count). The van der Waals surface area contributed by atoms with Gasteiger partial charge < -0.3 is 13.8 Å². The van der Waals surface area contributed by atoms with Crippen LogP contribution in [0.15, 0.2) is 77.4 Å². The molecule has 0 spiro atoms. The predicted molar refractivity (Wildman–Crippen MR) is 144 cm³/mol. The van der Waals surface area contributed by atoms with Gasteiger partial charge in [0.15, 0.2) is 5.69 Å². The van der Waals surface area contributed by atoms with Gasteiger partial charge in [-0.1, -0.05) is 72.5 Å². The number of benzene rings is 3. The molecule has 36 heavy (non-hydrogen) atoms. The quantitative estimate of drug-likeness (QED) is 0.203. The summed E-state index contributed by atoms with van der Waals surface area (Å²) >= 11 is 12.9. The second-order valence-electron chi connectivity index (χ2n) is 8.86. The molecule has 0 unspecified atom stereocenters. The molecule has 180 valence electrons. The van der Waals surface area contributed by atoms with E-state index in [4.69, 9.17) is 39.0 Å². The highest BCUT2D eigenvalue weighted by Gasteiger charge is 2.23. The minimum atomic E-state index is 0.115. The molecular formula is C29H23Cl2N3O2. The third-order valence-electron chi connectivity index (χ3n) is 6.06. The van der Waals surface area contributed by atoms with Crippen molar-refractivity contribution in [3.05, 3.63) is 111 Å². The Kier molecular flexibility index (Phi) is 6.73. The minimum Gasteiger partial charge on any atom is -0.489 e. The lowest BCUT2D eigenvalue weighted by Crippen LogP contribution is -2.01. The number of halogens is 2. The first-order valence-electron chi connectivity index (χ1n) is 11.6. The number of ether oxygens (including phenoxy) is 1. The average molecular weight is 516 g/mol. The van der Waals surface area contributed by atoms with E-state index < -0.39 is 0 Å². The molecule has 0 bridgehead atoms. The maximum absolute atomic E-state index is 7.24. The summed E-state index contributed by atoms with van der Waals surface area (Å²) in [6.07, 6.45) is 2.05. The molecule has 7 heteroatoms. The molecule has 0 atom stereocenters. The van der Waals surface area contributed by atoms with Crippen LogP contribution in [0.3, 0.4) is 0 Å². The number of hydrogen-bond donors (Lipinski definition) is 0.